The lowest BCUT2D eigenvalue weighted by molar-refractivity contribution is 0.0939. The van der Waals surface area contributed by atoms with Gasteiger partial charge in [-0.15, -0.1) is 0 Å². The number of carbonyl (C=O) groups is 1. The number of rotatable bonds is 6. The van der Waals surface area contributed by atoms with Crippen LogP contribution in [-0.4, -0.2) is 33.2 Å². The molecule has 4 N–H and O–H groups in total. The van der Waals surface area contributed by atoms with Gasteiger partial charge in [0.2, 0.25) is 0 Å². The molecule has 0 aliphatic heterocycles. The van der Waals surface area contributed by atoms with E-state index in [0.717, 1.165) is 0 Å². The van der Waals surface area contributed by atoms with Crippen LogP contribution < -0.4 is 16.6 Å². The highest BCUT2D eigenvalue weighted by Crippen LogP contribution is 2.14. The van der Waals surface area contributed by atoms with Crippen LogP contribution in [-0.2, 0) is 10.8 Å². The minimum absolute atomic E-state index is 0.0716. The van der Waals surface area contributed by atoms with Crippen LogP contribution in [0, 0.1) is 0 Å². The maximum Gasteiger partial charge on any atom is 0.251 e. The SMILES string of the molecule is CC(CCS(C)=O)NC(=O)c1cc(Cl)nc(NN)c1. The molecule has 106 valence electrons. The molecule has 0 aliphatic rings. The minimum Gasteiger partial charge on any atom is -0.350 e. The van der Waals surface area contributed by atoms with Crippen molar-refractivity contribution >= 4 is 34.1 Å². The first kappa shape index (κ1) is 15.9. The highest BCUT2D eigenvalue weighted by Gasteiger charge is 2.12. The summed E-state index contributed by atoms with van der Waals surface area (Å²) in [5.74, 6) is 5.83. The molecular weight excluding hydrogens is 288 g/mol. The fourth-order valence-corrected chi connectivity index (χ4v) is 2.32. The lowest BCUT2D eigenvalue weighted by Crippen LogP contribution is -2.33. The van der Waals surface area contributed by atoms with Crippen LogP contribution >= 0.6 is 11.6 Å². The number of nitrogens with one attached hydrogen (secondary N) is 2. The molecule has 0 fully saturated rings. The van der Waals surface area contributed by atoms with Crippen LogP contribution in [0.3, 0.4) is 0 Å². The molecule has 0 saturated carbocycles. The third kappa shape index (κ3) is 5.54. The quantitative estimate of drug-likeness (QED) is 0.412. The number of amides is 1. The standard InChI is InChI=1S/C11H17ClN4O2S/c1-7(3-4-19(2)18)14-11(17)8-5-9(12)15-10(6-8)16-13/h5-7H,3-4,13H2,1-2H3,(H,14,17)(H,15,16). The van der Waals surface area contributed by atoms with Crippen molar-refractivity contribution < 1.29 is 9.00 Å². The van der Waals surface area contributed by atoms with Gasteiger partial charge >= 0.3 is 0 Å². The lowest BCUT2D eigenvalue weighted by atomic mass is 10.2. The van der Waals surface area contributed by atoms with Gasteiger partial charge in [0, 0.05) is 34.4 Å². The van der Waals surface area contributed by atoms with E-state index in [0.29, 0.717) is 23.6 Å². The monoisotopic (exact) mass is 304 g/mol. The second-order valence-corrected chi connectivity index (χ2v) is 6.09. The Hall–Kier alpha value is -1.18. The highest BCUT2D eigenvalue weighted by atomic mass is 35.5. The third-order valence-corrected chi connectivity index (χ3v) is 3.42. The van der Waals surface area contributed by atoms with Crippen molar-refractivity contribution in [2.45, 2.75) is 19.4 Å². The summed E-state index contributed by atoms with van der Waals surface area (Å²) in [7, 11) is -0.863. The smallest absolute Gasteiger partial charge is 0.251 e. The van der Waals surface area contributed by atoms with E-state index in [1.807, 2.05) is 6.92 Å². The molecule has 19 heavy (non-hydrogen) atoms. The second-order valence-electron chi connectivity index (χ2n) is 4.15. The number of hydrogen-bond donors (Lipinski definition) is 3. The summed E-state index contributed by atoms with van der Waals surface area (Å²) in [6, 6.07) is 2.89. The first-order chi connectivity index (χ1) is 8.92. The van der Waals surface area contributed by atoms with E-state index in [9.17, 15) is 9.00 Å². The summed E-state index contributed by atoms with van der Waals surface area (Å²) in [6.07, 6.45) is 2.28. The molecule has 1 amide bonds. The first-order valence-corrected chi connectivity index (χ1v) is 7.78. The molecule has 0 bridgehead atoms. The van der Waals surface area contributed by atoms with Crippen molar-refractivity contribution in [2.24, 2.45) is 5.84 Å². The summed E-state index contributed by atoms with van der Waals surface area (Å²) in [5.41, 5.74) is 2.71. The minimum atomic E-state index is -0.863. The number of carbonyl (C=O) groups excluding carboxylic acids is 1. The second kappa shape index (κ2) is 7.42. The van der Waals surface area contributed by atoms with Gasteiger partial charge in [-0.05, 0) is 25.5 Å². The maximum absolute atomic E-state index is 12.0. The predicted octanol–water partition coefficient (Wildman–Crippen LogP) is 0.907. The number of nitrogen functional groups attached to an aromatic ring is 1. The number of nitrogens with zero attached hydrogens (tertiary/aromatic N) is 1. The van der Waals surface area contributed by atoms with E-state index < -0.39 is 10.8 Å². The van der Waals surface area contributed by atoms with Crippen LogP contribution in [0.25, 0.3) is 0 Å². The number of aromatic nitrogens is 1. The summed E-state index contributed by atoms with van der Waals surface area (Å²) >= 11 is 5.79. The van der Waals surface area contributed by atoms with Crippen LogP contribution in [0.1, 0.15) is 23.7 Å². The van der Waals surface area contributed by atoms with Gasteiger partial charge < -0.3 is 10.7 Å². The summed E-state index contributed by atoms with van der Waals surface area (Å²) in [4.78, 5) is 15.9. The Balaban J connectivity index is 2.67. The number of nitrogens with two attached hydrogens (primary N) is 1. The van der Waals surface area contributed by atoms with Crippen LogP contribution in [0.2, 0.25) is 5.15 Å². The zero-order chi connectivity index (χ0) is 14.4. The van der Waals surface area contributed by atoms with Crippen LogP contribution in [0.15, 0.2) is 12.1 Å². The van der Waals surface area contributed by atoms with Crippen molar-refractivity contribution in [1.29, 1.82) is 0 Å². The van der Waals surface area contributed by atoms with Crippen LogP contribution in [0.4, 0.5) is 5.82 Å². The fraction of sp³-hybridized carbons (Fsp3) is 0.455. The molecule has 1 heterocycles. The van der Waals surface area contributed by atoms with E-state index >= 15 is 0 Å². The van der Waals surface area contributed by atoms with Gasteiger partial charge in [-0.3, -0.25) is 9.00 Å². The average Bonchev–Trinajstić information content (AvgIpc) is 2.35. The van der Waals surface area contributed by atoms with Gasteiger partial charge in [0.15, 0.2) is 0 Å². The highest BCUT2D eigenvalue weighted by molar-refractivity contribution is 7.84. The van der Waals surface area contributed by atoms with Gasteiger partial charge in [-0.25, -0.2) is 10.8 Å². The van der Waals surface area contributed by atoms with Gasteiger partial charge in [0.25, 0.3) is 5.91 Å². The molecule has 8 heteroatoms. The molecule has 1 aromatic heterocycles. The molecule has 0 aliphatic carbocycles. The van der Waals surface area contributed by atoms with Crippen LogP contribution in [0.5, 0.6) is 0 Å². The molecule has 2 unspecified atom stereocenters. The Kier molecular flexibility index (Phi) is 6.20. The zero-order valence-electron chi connectivity index (χ0n) is 10.8. The number of anilines is 1. The van der Waals surface area contributed by atoms with Gasteiger partial charge in [-0.1, -0.05) is 11.6 Å². The van der Waals surface area contributed by atoms with Crippen molar-refractivity contribution in [3.05, 3.63) is 22.8 Å². The lowest BCUT2D eigenvalue weighted by Gasteiger charge is -2.13. The molecule has 0 spiro atoms. The Morgan fingerprint density at radius 3 is 2.84 bits per heavy atom. The zero-order valence-corrected chi connectivity index (χ0v) is 12.3. The van der Waals surface area contributed by atoms with Crippen molar-refractivity contribution in [3.63, 3.8) is 0 Å². The molecule has 0 aromatic carbocycles. The maximum atomic E-state index is 12.0. The Labute approximate surface area is 119 Å². The molecule has 1 rings (SSSR count). The van der Waals surface area contributed by atoms with Crippen molar-refractivity contribution in [1.82, 2.24) is 10.3 Å². The Morgan fingerprint density at radius 2 is 2.26 bits per heavy atom. The largest absolute Gasteiger partial charge is 0.350 e. The summed E-state index contributed by atoms with van der Waals surface area (Å²) < 4.78 is 11.0. The molecule has 2 atom stereocenters. The van der Waals surface area contributed by atoms with E-state index in [1.165, 1.54) is 12.1 Å². The van der Waals surface area contributed by atoms with Gasteiger partial charge in [0.05, 0.1) is 0 Å². The number of hydrogen-bond acceptors (Lipinski definition) is 5. The van der Waals surface area contributed by atoms with E-state index in [-0.39, 0.29) is 17.1 Å². The van der Waals surface area contributed by atoms with E-state index in [2.05, 4.69) is 15.7 Å². The number of halogens is 1. The van der Waals surface area contributed by atoms with Crippen molar-refractivity contribution in [3.8, 4) is 0 Å². The molecule has 6 nitrogen and oxygen atoms in total. The summed E-state index contributed by atoms with van der Waals surface area (Å²) in [6.45, 7) is 1.86. The molecule has 0 saturated heterocycles. The third-order valence-electron chi connectivity index (χ3n) is 2.42. The summed E-state index contributed by atoms with van der Waals surface area (Å²) in [5, 5.41) is 2.98. The molecular formula is C11H17ClN4O2S. The number of pyridine rings is 1. The fourth-order valence-electron chi connectivity index (χ4n) is 1.42. The molecule has 1 aromatic rings. The van der Waals surface area contributed by atoms with Crippen molar-refractivity contribution in [2.75, 3.05) is 17.4 Å². The van der Waals surface area contributed by atoms with E-state index in [1.54, 1.807) is 6.26 Å². The average molecular weight is 305 g/mol. The normalized spacial score (nSPS) is 13.7. The number of hydrazine groups is 1. The van der Waals surface area contributed by atoms with Gasteiger partial charge in [-0.2, -0.15) is 0 Å². The topological polar surface area (TPSA) is 97.1 Å². The van der Waals surface area contributed by atoms with E-state index in [4.69, 9.17) is 17.4 Å². The Morgan fingerprint density at radius 1 is 1.58 bits per heavy atom. The van der Waals surface area contributed by atoms with Gasteiger partial charge in [0.1, 0.15) is 11.0 Å². The first-order valence-electron chi connectivity index (χ1n) is 5.67. The predicted molar refractivity (Wildman–Crippen MR) is 77.5 cm³/mol. The Bertz CT molecular complexity index is 484. The molecule has 0 radical (unpaired) electrons.